The predicted molar refractivity (Wildman–Crippen MR) is 104 cm³/mol. The standard InChI is InChI=1S/C18H15N3O3S2/c22-16(11-25-17-20-14-3-1-2-4-15(14)26-17)19-12-5-7-13(8-6-12)21-9-10-24-18(21)23/h1-8H,9-11H2,(H,19,22). The number of para-hydroxylation sites is 1. The van der Waals surface area contributed by atoms with Crippen molar-refractivity contribution in [1.29, 1.82) is 0 Å². The van der Waals surface area contributed by atoms with Gasteiger partial charge in [0, 0.05) is 11.4 Å². The molecule has 132 valence electrons. The Balaban J connectivity index is 1.33. The molecule has 0 unspecified atom stereocenters. The van der Waals surface area contributed by atoms with Crippen molar-refractivity contribution in [3.05, 3.63) is 48.5 Å². The third-order valence-electron chi connectivity index (χ3n) is 3.82. The summed E-state index contributed by atoms with van der Waals surface area (Å²) in [7, 11) is 0. The number of amides is 2. The van der Waals surface area contributed by atoms with Crippen LogP contribution >= 0.6 is 23.1 Å². The van der Waals surface area contributed by atoms with Gasteiger partial charge in [-0.15, -0.1) is 11.3 Å². The van der Waals surface area contributed by atoms with Gasteiger partial charge in [-0.05, 0) is 36.4 Å². The number of fused-ring (bicyclic) bond motifs is 1. The summed E-state index contributed by atoms with van der Waals surface area (Å²) in [6.07, 6.45) is -0.339. The number of nitrogens with zero attached hydrogens (tertiary/aromatic N) is 2. The van der Waals surface area contributed by atoms with Crippen LogP contribution < -0.4 is 10.2 Å². The van der Waals surface area contributed by atoms with E-state index in [0.29, 0.717) is 24.6 Å². The van der Waals surface area contributed by atoms with Gasteiger partial charge >= 0.3 is 6.09 Å². The molecule has 0 spiro atoms. The average Bonchev–Trinajstić information content (AvgIpc) is 3.26. The van der Waals surface area contributed by atoms with Gasteiger partial charge in [-0.25, -0.2) is 9.78 Å². The highest BCUT2D eigenvalue weighted by atomic mass is 32.2. The molecule has 0 bridgehead atoms. The second-order valence-corrected chi connectivity index (χ2v) is 7.85. The van der Waals surface area contributed by atoms with Crippen LogP contribution in [-0.4, -0.2) is 35.9 Å². The zero-order valence-corrected chi connectivity index (χ0v) is 15.3. The molecular weight excluding hydrogens is 370 g/mol. The van der Waals surface area contributed by atoms with E-state index in [1.165, 1.54) is 11.8 Å². The normalized spacial score (nSPS) is 13.8. The van der Waals surface area contributed by atoms with E-state index >= 15 is 0 Å². The SMILES string of the molecule is O=C(CSc1nc2ccccc2s1)Nc1ccc(N2CCOC2=O)cc1. The minimum atomic E-state index is -0.339. The van der Waals surface area contributed by atoms with Crippen molar-refractivity contribution in [3.8, 4) is 0 Å². The van der Waals surface area contributed by atoms with E-state index in [0.717, 1.165) is 20.2 Å². The van der Waals surface area contributed by atoms with Crippen LogP contribution in [0.2, 0.25) is 0 Å². The van der Waals surface area contributed by atoms with Gasteiger partial charge in [0.05, 0.1) is 22.5 Å². The van der Waals surface area contributed by atoms with E-state index in [1.807, 2.05) is 24.3 Å². The Morgan fingerprint density at radius 3 is 2.77 bits per heavy atom. The van der Waals surface area contributed by atoms with Crippen LogP contribution in [-0.2, 0) is 9.53 Å². The molecule has 1 aliphatic rings. The lowest BCUT2D eigenvalue weighted by molar-refractivity contribution is -0.113. The molecule has 0 radical (unpaired) electrons. The Morgan fingerprint density at radius 1 is 1.23 bits per heavy atom. The highest BCUT2D eigenvalue weighted by molar-refractivity contribution is 8.01. The second kappa shape index (κ2) is 7.35. The fourth-order valence-corrected chi connectivity index (χ4v) is 4.46. The van der Waals surface area contributed by atoms with Crippen LogP contribution in [0.4, 0.5) is 16.2 Å². The Kier molecular flexibility index (Phi) is 4.77. The lowest BCUT2D eigenvalue weighted by Crippen LogP contribution is -2.23. The zero-order chi connectivity index (χ0) is 17.9. The minimum Gasteiger partial charge on any atom is -0.447 e. The molecule has 2 amide bonds. The zero-order valence-electron chi connectivity index (χ0n) is 13.7. The number of carbonyl (C=O) groups is 2. The Morgan fingerprint density at radius 2 is 2.04 bits per heavy atom. The van der Waals surface area contributed by atoms with E-state index < -0.39 is 0 Å². The number of thiazole rings is 1. The van der Waals surface area contributed by atoms with Crippen molar-refractivity contribution in [1.82, 2.24) is 4.98 Å². The van der Waals surface area contributed by atoms with Gasteiger partial charge in [0.15, 0.2) is 4.34 Å². The third-order valence-corrected chi connectivity index (χ3v) is 6.00. The first-order chi connectivity index (χ1) is 12.7. The number of carbonyl (C=O) groups excluding carboxylic acids is 2. The molecule has 2 aromatic carbocycles. The summed E-state index contributed by atoms with van der Waals surface area (Å²) < 4.78 is 6.92. The molecule has 1 aromatic heterocycles. The number of benzene rings is 2. The van der Waals surface area contributed by atoms with E-state index in [9.17, 15) is 9.59 Å². The van der Waals surface area contributed by atoms with Crippen LogP contribution in [0.5, 0.6) is 0 Å². The van der Waals surface area contributed by atoms with E-state index in [4.69, 9.17) is 4.74 Å². The van der Waals surface area contributed by atoms with Crippen LogP contribution in [0.15, 0.2) is 52.9 Å². The summed E-state index contributed by atoms with van der Waals surface area (Å²) in [5.41, 5.74) is 2.40. The summed E-state index contributed by atoms with van der Waals surface area (Å²) >= 11 is 3.01. The van der Waals surface area contributed by atoms with Gasteiger partial charge in [-0.2, -0.15) is 0 Å². The number of nitrogens with one attached hydrogen (secondary N) is 1. The van der Waals surface area contributed by atoms with Crippen molar-refractivity contribution in [2.45, 2.75) is 4.34 Å². The molecule has 6 nitrogen and oxygen atoms in total. The maximum atomic E-state index is 12.2. The molecule has 26 heavy (non-hydrogen) atoms. The molecule has 2 heterocycles. The highest BCUT2D eigenvalue weighted by Crippen LogP contribution is 2.29. The molecule has 8 heteroatoms. The van der Waals surface area contributed by atoms with Crippen molar-refractivity contribution in [2.24, 2.45) is 0 Å². The summed E-state index contributed by atoms with van der Waals surface area (Å²) in [4.78, 5) is 29.8. The van der Waals surface area contributed by atoms with Gasteiger partial charge in [0.1, 0.15) is 6.61 Å². The lowest BCUT2D eigenvalue weighted by atomic mass is 10.2. The molecule has 4 rings (SSSR count). The van der Waals surface area contributed by atoms with Gasteiger partial charge in [0.2, 0.25) is 5.91 Å². The van der Waals surface area contributed by atoms with Crippen LogP contribution in [0.1, 0.15) is 0 Å². The van der Waals surface area contributed by atoms with Crippen LogP contribution in [0, 0.1) is 0 Å². The van der Waals surface area contributed by atoms with Crippen molar-refractivity contribution in [3.63, 3.8) is 0 Å². The van der Waals surface area contributed by atoms with Gasteiger partial charge in [0.25, 0.3) is 0 Å². The third kappa shape index (κ3) is 3.66. The largest absolute Gasteiger partial charge is 0.447 e. The molecule has 0 atom stereocenters. The van der Waals surface area contributed by atoms with Gasteiger partial charge in [-0.1, -0.05) is 23.9 Å². The average molecular weight is 385 g/mol. The van der Waals surface area contributed by atoms with E-state index in [2.05, 4.69) is 10.3 Å². The summed E-state index contributed by atoms with van der Waals surface area (Å²) in [6.45, 7) is 0.948. The van der Waals surface area contributed by atoms with Crippen LogP contribution in [0.25, 0.3) is 10.2 Å². The van der Waals surface area contributed by atoms with Crippen molar-refractivity contribution < 1.29 is 14.3 Å². The smallest absolute Gasteiger partial charge is 0.414 e. The van der Waals surface area contributed by atoms with E-state index in [1.54, 1.807) is 40.5 Å². The molecule has 1 saturated heterocycles. The molecule has 0 aliphatic carbocycles. The molecule has 1 N–H and O–H groups in total. The topological polar surface area (TPSA) is 71.5 Å². The first-order valence-electron chi connectivity index (χ1n) is 8.02. The number of ether oxygens (including phenoxy) is 1. The molecular formula is C18H15N3O3S2. The number of hydrogen-bond acceptors (Lipinski definition) is 6. The maximum absolute atomic E-state index is 12.2. The lowest BCUT2D eigenvalue weighted by Gasteiger charge is -2.13. The number of anilines is 2. The highest BCUT2D eigenvalue weighted by Gasteiger charge is 2.23. The Bertz CT molecular complexity index is 923. The quantitative estimate of drug-likeness (QED) is 0.673. The summed E-state index contributed by atoms with van der Waals surface area (Å²) in [5.74, 6) is 0.197. The van der Waals surface area contributed by atoms with Gasteiger partial charge in [-0.3, -0.25) is 9.69 Å². The molecule has 3 aromatic rings. The van der Waals surface area contributed by atoms with Crippen molar-refractivity contribution in [2.75, 3.05) is 29.1 Å². The minimum absolute atomic E-state index is 0.0948. The summed E-state index contributed by atoms with van der Waals surface area (Å²) in [5, 5.41) is 2.86. The number of thioether (sulfide) groups is 1. The second-order valence-electron chi connectivity index (χ2n) is 5.60. The van der Waals surface area contributed by atoms with Crippen LogP contribution in [0.3, 0.4) is 0 Å². The fourth-order valence-electron chi connectivity index (χ4n) is 2.59. The number of aromatic nitrogens is 1. The Hall–Kier alpha value is -2.58. The molecule has 0 saturated carbocycles. The first-order valence-corrected chi connectivity index (χ1v) is 9.82. The Labute approximate surface area is 158 Å². The molecule has 1 fully saturated rings. The monoisotopic (exact) mass is 385 g/mol. The molecule has 1 aliphatic heterocycles. The number of rotatable bonds is 5. The van der Waals surface area contributed by atoms with Gasteiger partial charge < -0.3 is 10.1 Å². The predicted octanol–water partition coefficient (Wildman–Crippen LogP) is 3.98. The summed E-state index contributed by atoms with van der Waals surface area (Å²) in [6, 6.07) is 15.1. The van der Waals surface area contributed by atoms with Crippen molar-refractivity contribution >= 4 is 56.7 Å². The van der Waals surface area contributed by atoms with E-state index in [-0.39, 0.29) is 12.0 Å². The first kappa shape index (κ1) is 16.9. The maximum Gasteiger partial charge on any atom is 0.414 e. The number of cyclic esters (lactones) is 1. The fraction of sp³-hybridized carbons (Fsp3) is 0.167. The number of hydrogen-bond donors (Lipinski definition) is 1.